The van der Waals surface area contributed by atoms with Crippen LogP contribution >= 0.6 is 0 Å². The van der Waals surface area contributed by atoms with Crippen molar-refractivity contribution in [1.29, 1.82) is 0 Å². The van der Waals surface area contributed by atoms with Crippen LogP contribution in [-0.2, 0) is 0 Å². The second-order valence-corrected chi connectivity index (χ2v) is 2.53. The lowest BCUT2D eigenvalue weighted by molar-refractivity contribution is 0.186. The summed E-state index contributed by atoms with van der Waals surface area (Å²) in [5.74, 6) is 0. The molecule has 0 unspecified atom stereocenters. The molecule has 4 nitrogen and oxygen atoms in total. The van der Waals surface area contributed by atoms with Crippen molar-refractivity contribution in [3.8, 4) is 0 Å². The molecule has 20 heavy (non-hydrogen) atoms. The number of aliphatic hydroxyl groups is 4. The van der Waals surface area contributed by atoms with E-state index in [9.17, 15) is 0 Å². The Hall–Kier alpha value is -1.20. The summed E-state index contributed by atoms with van der Waals surface area (Å²) in [5.41, 5.74) is 0. The van der Waals surface area contributed by atoms with Gasteiger partial charge in [0.1, 0.15) is 0 Å². The van der Waals surface area contributed by atoms with Gasteiger partial charge in [-0.15, -0.1) is 26.3 Å². The summed E-state index contributed by atoms with van der Waals surface area (Å²) in [5, 5.41) is 30.5. The molecule has 0 bridgehead atoms. The van der Waals surface area contributed by atoms with Crippen molar-refractivity contribution >= 4 is 0 Å². The maximum absolute atomic E-state index is 7.62. The average Bonchev–Trinajstić information content (AvgIpc) is 2.42. The lowest BCUT2D eigenvalue weighted by Crippen LogP contribution is -1.85. The third-order valence-corrected chi connectivity index (χ3v) is 0.200. The lowest BCUT2D eigenvalue weighted by Gasteiger charge is -1.70. The van der Waals surface area contributed by atoms with Crippen molar-refractivity contribution in [2.24, 2.45) is 0 Å². The Kier molecular flexibility index (Phi) is 198. The van der Waals surface area contributed by atoms with Gasteiger partial charge in [0.05, 0.1) is 26.4 Å². The Morgan fingerprint density at radius 2 is 0.550 bits per heavy atom. The van der Waals surface area contributed by atoms with E-state index >= 15 is 0 Å². The zero-order chi connectivity index (χ0) is 17.7. The van der Waals surface area contributed by atoms with Gasteiger partial charge in [-0.2, -0.15) is 0 Å². The quantitative estimate of drug-likeness (QED) is 0.590. The fourth-order valence-electron chi connectivity index (χ4n) is 0. The molecule has 0 aromatic heterocycles. The first kappa shape index (κ1) is 36.4. The van der Waals surface area contributed by atoms with Crippen LogP contribution < -0.4 is 0 Å². The molecule has 0 rings (SSSR count). The fraction of sp³-hybridized carbons (Fsp3) is 0.500. The van der Waals surface area contributed by atoms with E-state index in [1.54, 1.807) is 24.3 Å². The molecule has 0 saturated carbocycles. The van der Waals surface area contributed by atoms with Gasteiger partial charge >= 0.3 is 0 Å². The summed E-state index contributed by atoms with van der Waals surface area (Å²) in [6.07, 6.45) is 7.00. The molecule has 0 spiro atoms. The standard InChI is InChI=1S/4C3H6.2C2H6O2/c4*1-3-2;2*3-1-2-4/h4*3H,1H2,2H3;2*3-4H,1-2H2. The van der Waals surface area contributed by atoms with Crippen LogP contribution in [0.25, 0.3) is 0 Å². The highest BCUT2D eigenvalue weighted by molar-refractivity contribution is 4.52. The number of rotatable bonds is 2. The molecule has 0 atom stereocenters. The largest absolute Gasteiger partial charge is 0.394 e. The van der Waals surface area contributed by atoms with E-state index in [-0.39, 0.29) is 26.4 Å². The van der Waals surface area contributed by atoms with Gasteiger partial charge in [-0.05, 0) is 27.7 Å². The maximum atomic E-state index is 7.62. The van der Waals surface area contributed by atoms with Gasteiger partial charge in [0.15, 0.2) is 0 Å². The van der Waals surface area contributed by atoms with Crippen molar-refractivity contribution in [2.75, 3.05) is 26.4 Å². The van der Waals surface area contributed by atoms with Crippen molar-refractivity contribution in [1.82, 2.24) is 0 Å². The number of hydrogen-bond acceptors (Lipinski definition) is 4. The van der Waals surface area contributed by atoms with Gasteiger partial charge < -0.3 is 20.4 Å². The van der Waals surface area contributed by atoms with Gasteiger partial charge in [0.25, 0.3) is 0 Å². The number of aliphatic hydroxyl groups excluding tert-OH is 4. The Morgan fingerprint density at radius 1 is 0.500 bits per heavy atom. The molecular formula is C16H36O4. The molecule has 0 saturated heterocycles. The van der Waals surface area contributed by atoms with Crippen LogP contribution in [-0.4, -0.2) is 46.9 Å². The summed E-state index contributed by atoms with van der Waals surface area (Å²) in [6, 6.07) is 0. The summed E-state index contributed by atoms with van der Waals surface area (Å²) in [6.45, 7) is 20.5. The molecule has 0 aromatic rings. The summed E-state index contributed by atoms with van der Waals surface area (Å²) in [4.78, 5) is 0. The smallest absolute Gasteiger partial charge is 0.0662 e. The first-order valence-electron chi connectivity index (χ1n) is 6.21. The molecule has 0 radical (unpaired) electrons. The van der Waals surface area contributed by atoms with Crippen LogP contribution in [0.4, 0.5) is 0 Å². The van der Waals surface area contributed by atoms with Gasteiger partial charge in [0.2, 0.25) is 0 Å². The van der Waals surface area contributed by atoms with Gasteiger partial charge in [-0.25, -0.2) is 0 Å². The average molecular weight is 292 g/mol. The van der Waals surface area contributed by atoms with Crippen LogP contribution in [0.3, 0.4) is 0 Å². The molecule has 0 aliphatic rings. The van der Waals surface area contributed by atoms with Crippen LogP contribution in [0.1, 0.15) is 27.7 Å². The Bertz CT molecular complexity index is 102. The Labute approximate surface area is 126 Å². The molecule has 124 valence electrons. The second kappa shape index (κ2) is 109. The topological polar surface area (TPSA) is 80.9 Å². The third kappa shape index (κ3) is 6550. The van der Waals surface area contributed by atoms with E-state index in [2.05, 4.69) is 26.3 Å². The van der Waals surface area contributed by atoms with Gasteiger partial charge in [-0.3, -0.25) is 0 Å². The first-order valence-corrected chi connectivity index (χ1v) is 6.21. The second-order valence-electron chi connectivity index (χ2n) is 2.53. The van der Waals surface area contributed by atoms with E-state index in [4.69, 9.17) is 20.4 Å². The van der Waals surface area contributed by atoms with E-state index in [0.29, 0.717) is 0 Å². The number of allylic oxidation sites excluding steroid dienone is 4. The zero-order valence-electron chi connectivity index (χ0n) is 13.8. The van der Waals surface area contributed by atoms with E-state index in [1.807, 2.05) is 27.7 Å². The summed E-state index contributed by atoms with van der Waals surface area (Å²) in [7, 11) is 0. The zero-order valence-corrected chi connectivity index (χ0v) is 13.8. The minimum absolute atomic E-state index is 0.125. The highest BCUT2D eigenvalue weighted by Gasteiger charge is 1.58. The van der Waals surface area contributed by atoms with Gasteiger partial charge in [-0.1, -0.05) is 24.3 Å². The lowest BCUT2D eigenvalue weighted by atomic mass is 10.8. The molecule has 0 aliphatic heterocycles. The highest BCUT2D eigenvalue weighted by Crippen LogP contribution is 1.40. The Balaban J connectivity index is -0.0000000296. The predicted molar refractivity (Wildman–Crippen MR) is 91.8 cm³/mol. The van der Waals surface area contributed by atoms with Crippen molar-refractivity contribution < 1.29 is 20.4 Å². The molecule has 0 aromatic carbocycles. The normalized spacial score (nSPS) is 5.60. The summed E-state index contributed by atoms with van der Waals surface area (Å²) >= 11 is 0. The molecule has 4 heteroatoms. The first-order chi connectivity index (χ1) is 9.49. The van der Waals surface area contributed by atoms with Crippen LogP contribution in [0, 0.1) is 0 Å². The molecule has 0 aliphatic carbocycles. The van der Waals surface area contributed by atoms with Crippen molar-refractivity contribution in [3.05, 3.63) is 50.6 Å². The number of hydrogen-bond donors (Lipinski definition) is 4. The molecule has 0 fully saturated rings. The minimum atomic E-state index is -0.125. The van der Waals surface area contributed by atoms with Crippen LogP contribution in [0.5, 0.6) is 0 Å². The fourth-order valence-corrected chi connectivity index (χ4v) is 0. The summed E-state index contributed by atoms with van der Waals surface area (Å²) < 4.78 is 0. The SMILES string of the molecule is C=CC.C=CC.C=CC.C=CC.OCCO.OCCO. The van der Waals surface area contributed by atoms with E-state index < -0.39 is 0 Å². The van der Waals surface area contributed by atoms with Crippen LogP contribution in [0.2, 0.25) is 0 Å². The van der Waals surface area contributed by atoms with Crippen molar-refractivity contribution in [2.45, 2.75) is 27.7 Å². The van der Waals surface area contributed by atoms with Gasteiger partial charge in [0, 0.05) is 0 Å². The third-order valence-electron chi connectivity index (χ3n) is 0.200. The van der Waals surface area contributed by atoms with Crippen molar-refractivity contribution in [3.63, 3.8) is 0 Å². The van der Waals surface area contributed by atoms with E-state index in [1.165, 1.54) is 0 Å². The molecule has 0 amide bonds. The molecular weight excluding hydrogens is 256 g/mol. The minimum Gasteiger partial charge on any atom is -0.394 e. The van der Waals surface area contributed by atoms with E-state index in [0.717, 1.165) is 0 Å². The Morgan fingerprint density at radius 3 is 0.550 bits per heavy atom. The maximum Gasteiger partial charge on any atom is 0.0662 e. The molecule has 0 heterocycles. The highest BCUT2D eigenvalue weighted by atomic mass is 16.3. The van der Waals surface area contributed by atoms with Crippen LogP contribution in [0.15, 0.2) is 50.6 Å². The molecule has 4 N–H and O–H groups in total. The predicted octanol–water partition coefficient (Wildman–Crippen LogP) is 2.71. The monoisotopic (exact) mass is 292 g/mol.